The number of rotatable bonds is 6. The van der Waals surface area contributed by atoms with Crippen LogP contribution in [0, 0.1) is 0 Å². The summed E-state index contributed by atoms with van der Waals surface area (Å²) in [5.74, 6) is 2.17. The van der Waals surface area contributed by atoms with Gasteiger partial charge in [0.15, 0.2) is 11.5 Å². The van der Waals surface area contributed by atoms with Crippen molar-refractivity contribution in [3.63, 3.8) is 0 Å². The number of fused-ring (bicyclic) bond motifs is 1. The third kappa shape index (κ3) is 3.85. The summed E-state index contributed by atoms with van der Waals surface area (Å²) < 4.78 is 13.1. The SMILES string of the molecule is CC(C)c1nn(C)cc1CNCCc1ccc2c(c1)OCCO2. The molecule has 0 unspecified atom stereocenters. The predicted molar refractivity (Wildman–Crippen MR) is 90.1 cm³/mol. The lowest BCUT2D eigenvalue weighted by Crippen LogP contribution is -2.18. The Hall–Kier alpha value is -2.01. The largest absolute Gasteiger partial charge is 0.486 e. The maximum Gasteiger partial charge on any atom is 0.161 e. The Kier molecular flexibility index (Phi) is 4.86. The maximum atomic E-state index is 5.63. The normalized spacial score (nSPS) is 13.6. The highest BCUT2D eigenvalue weighted by molar-refractivity contribution is 5.43. The Morgan fingerprint density at radius 3 is 2.78 bits per heavy atom. The summed E-state index contributed by atoms with van der Waals surface area (Å²) in [7, 11) is 1.98. The Labute approximate surface area is 137 Å². The summed E-state index contributed by atoms with van der Waals surface area (Å²) in [4.78, 5) is 0. The van der Waals surface area contributed by atoms with Crippen LogP contribution in [0.25, 0.3) is 0 Å². The van der Waals surface area contributed by atoms with Gasteiger partial charge in [0.05, 0.1) is 5.69 Å². The Morgan fingerprint density at radius 2 is 2.00 bits per heavy atom. The van der Waals surface area contributed by atoms with Gasteiger partial charge in [-0.1, -0.05) is 19.9 Å². The van der Waals surface area contributed by atoms with Crippen LogP contribution in [0.1, 0.15) is 36.6 Å². The van der Waals surface area contributed by atoms with Crippen LogP contribution in [0.5, 0.6) is 11.5 Å². The van der Waals surface area contributed by atoms with Crippen molar-refractivity contribution in [2.75, 3.05) is 19.8 Å². The fraction of sp³-hybridized carbons (Fsp3) is 0.500. The Balaban J connectivity index is 1.52. The molecule has 3 rings (SSSR count). The molecule has 2 heterocycles. The van der Waals surface area contributed by atoms with Crippen LogP contribution in [0.4, 0.5) is 0 Å². The van der Waals surface area contributed by atoms with Crippen LogP contribution in [-0.4, -0.2) is 29.5 Å². The van der Waals surface area contributed by atoms with Crippen molar-refractivity contribution in [3.05, 3.63) is 41.2 Å². The van der Waals surface area contributed by atoms with Crippen molar-refractivity contribution < 1.29 is 9.47 Å². The minimum Gasteiger partial charge on any atom is -0.486 e. The smallest absolute Gasteiger partial charge is 0.161 e. The van der Waals surface area contributed by atoms with E-state index in [2.05, 4.69) is 42.6 Å². The fourth-order valence-corrected chi connectivity index (χ4v) is 2.88. The fourth-order valence-electron chi connectivity index (χ4n) is 2.88. The van der Waals surface area contributed by atoms with Crippen molar-refractivity contribution >= 4 is 0 Å². The number of nitrogens with one attached hydrogen (secondary N) is 1. The van der Waals surface area contributed by atoms with Gasteiger partial charge in [-0.2, -0.15) is 5.10 Å². The number of hydrogen-bond donors (Lipinski definition) is 1. The van der Waals surface area contributed by atoms with E-state index in [-0.39, 0.29) is 0 Å². The van der Waals surface area contributed by atoms with Crippen molar-refractivity contribution in [2.45, 2.75) is 32.7 Å². The van der Waals surface area contributed by atoms with E-state index in [4.69, 9.17) is 9.47 Å². The van der Waals surface area contributed by atoms with Gasteiger partial charge in [0.2, 0.25) is 0 Å². The minimum atomic E-state index is 0.450. The van der Waals surface area contributed by atoms with E-state index >= 15 is 0 Å². The van der Waals surface area contributed by atoms with Crippen molar-refractivity contribution in [1.82, 2.24) is 15.1 Å². The average Bonchev–Trinajstić information content (AvgIpc) is 2.92. The molecule has 0 aliphatic carbocycles. The molecule has 0 bridgehead atoms. The number of ether oxygens (including phenoxy) is 2. The molecule has 0 saturated heterocycles. The van der Waals surface area contributed by atoms with E-state index in [1.54, 1.807) is 0 Å². The summed E-state index contributed by atoms with van der Waals surface area (Å²) in [6.07, 6.45) is 3.07. The number of nitrogens with zero attached hydrogens (tertiary/aromatic N) is 2. The molecule has 1 N–H and O–H groups in total. The molecule has 0 spiro atoms. The first-order valence-electron chi connectivity index (χ1n) is 8.25. The van der Waals surface area contributed by atoms with Crippen molar-refractivity contribution in [3.8, 4) is 11.5 Å². The van der Waals surface area contributed by atoms with Gasteiger partial charge in [-0.25, -0.2) is 0 Å². The van der Waals surface area contributed by atoms with Gasteiger partial charge in [0.25, 0.3) is 0 Å². The van der Waals surface area contributed by atoms with Crippen LogP contribution in [0.15, 0.2) is 24.4 Å². The van der Waals surface area contributed by atoms with Crippen LogP contribution in [-0.2, 0) is 20.0 Å². The first-order chi connectivity index (χ1) is 11.1. The molecule has 0 radical (unpaired) electrons. The second-order valence-corrected chi connectivity index (χ2v) is 6.27. The predicted octanol–water partition coefficient (Wildman–Crippen LogP) is 2.65. The summed E-state index contributed by atoms with van der Waals surface area (Å²) >= 11 is 0. The van der Waals surface area contributed by atoms with Crippen molar-refractivity contribution in [1.29, 1.82) is 0 Å². The van der Waals surface area contributed by atoms with E-state index in [1.807, 2.05) is 17.8 Å². The molecule has 2 aromatic rings. The average molecular weight is 315 g/mol. The second kappa shape index (κ2) is 7.04. The van der Waals surface area contributed by atoms with Gasteiger partial charge >= 0.3 is 0 Å². The summed E-state index contributed by atoms with van der Waals surface area (Å²) in [5, 5.41) is 8.05. The molecule has 1 aromatic carbocycles. The van der Waals surface area contributed by atoms with Gasteiger partial charge in [0.1, 0.15) is 13.2 Å². The summed E-state index contributed by atoms with van der Waals surface area (Å²) in [5.41, 5.74) is 3.72. The molecule has 1 aliphatic rings. The molecule has 0 atom stereocenters. The lowest BCUT2D eigenvalue weighted by Gasteiger charge is -2.18. The number of aromatic nitrogens is 2. The Bertz CT molecular complexity index is 664. The van der Waals surface area contributed by atoms with E-state index < -0.39 is 0 Å². The van der Waals surface area contributed by atoms with Gasteiger partial charge in [-0.3, -0.25) is 4.68 Å². The highest BCUT2D eigenvalue weighted by Crippen LogP contribution is 2.30. The number of aryl methyl sites for hydroxylation is 1. The van der Waals surface area contributed by atoms with Crippen LogP contribution in [0.2, 0.25) is 0 Å². The highest BCUT2D eigenvalue weighted by atomic mass is 16.6. The summed E-state index contributed by atoms with van der Waals surface area (Å²) in [6, 6.07) is 6.19. The summed E-state index contributed by atoms with van der Waals surface area (Å²) in [6.45, 7) is 7.41. The first-order valence-corrected chi connectivity index (χ1v) is 8.25. The second-order valence-electron chi connectivity index (χ2n) is 6.27. The van der Waals surface area contributed by atoms with Crippen LogP contribution in [0.3, 0.4) is 0 Å². The topological polar surface area (TPSA) is 48.3 Å². The molecule has 1 aliphatic heterocycles. The lowest BCUT2D eigenvalue weighted by molar-refractivity contribution is 0.171. The van der Waals surface area contributed by atoms with Crippen molar-refractivity contribution in [2.24, 2.45) is 7.05 Å². The molecular weight excluding hydrogens is 290 g/mol. The molecule has 0 amide bonds. The highest BCUT2D eigenvalue weighted by Gasteiger charge is 2.12. The van der Waals surface area contributed by atoms with Gasteiger partial charge in [-0.05, 0) is 36.6 Å². The Morgan fingerprint density at radius 1 is 1.22 bits per heavy atom. The molecular formula is C18H25N3O2. The molecule has 0 saturated carbocycles. The van der Waals surface area contributed by atoms with Crippen LogP contribution < -0.4 is 14.8 Å². The van der Waals surface area contributed by atoms with Gasteiger partial charge in [0, 0.05) is 25.4 Å². The zero-order valence-electron chi connectivity index (χ0n) is 14.1. The molecule has 124 valence electrons. The van der Waals surface area contributed by atoms with E-state index in [9.17, 15) is 0 Å². The quantitative estimate of drug-likeness (QED) is 0.833. The monoisotopic (exact) mass is 315 g/mol. The minimum absolute atomic E-state index is 0.450. The molecule has 0 fully saturated rings. The standard InChI is InChI=1S/C18H25N3O2/c1-13(2)18-15(12-21(3)20-18)11-19-7-6-14-4-5-16-17(10-14)23-9-8-22-16/h4-5,10,12-13,19H,6-9,11H2,1-3H3. The maximum absolute atomic E-state index is 5.63. The first kappa shape index (κ1) is 15.9. The van der Waals surface area contributed by atoms with E-state index in [0.29, 0.717) is 19.1 Å². The molecule has 1 aromatic heterocycles. The lowest BCUT2D eigenvalue weighted by atomic mass is 10.1. The van der Waals surface area contributed by atoms with E-state index in [0.717, 1.165) is 31.0 Å². The van der Waals surface area contributed by atoms with Gasteiger partial charge < -0.3 is 14.8 Å². The number of hydrogen-bond acceptors (Lipinski definition) is 4. The molecule has 5 nitrogen and oxygen atoms in total. The molecule has 23 heavy (non-hydrogen) atoms. The third-order valence-electron chi connectivity index (χ3n) is 4.00. The zero-order valence-corrected chi connectivity index (χ0v) is 14.1. The number of benzene rings is 1. The molecule has 5 heteroatoms. The third-order valence-corrected chi connectivity index (χ3v) is 4.00. The zero-order chi connectivity index (χ0) is 16.2. The van der Waals surface area contributed by atoms with Crippen LogP contribution >= 0.6 is 0 Å². The van der Waals surface area contributed by atoms with E-state index in [1.165, 1.54) is 16.8 Å². The van der Waals surface area contributed by atoms with Gasteiger partial charge in [-0.15, -0.1) is 0 Å².